The summed E-state index contributed by atoms with van der Waals surface area (Å²) in [5.74, 6) is -0.612. The number of rotatable bonds is 4. The number of halogens is 3. The fraction of sp³-hybridized carbons (Fsp3) is 0.278. The summed E-state index contributed by atoms with van der Waals surface area (Å²) in [6, 6.07) is 11.8. The maximum Gasteiger partial charge on any atom is 0.244 e. The van der Waals surface area contributed by atoms with Gasteiger partial charge in [-0.05, 0) is 77.9 Å². The summed E-state index contributed by atoms with van der Waals surface area (Å²) < 4.78 is 28.3. The van der Waals surface area contributed by atoms with Crippen LogP contribution in [-0.4, -0.2) is 31.7 Å². The summed E-state index contributed by atoms with van der Waals surface area (Å²) in [5, 5.41) is 3.27. The Bertz CT molecular complexity index is 952. The molecule has 1 atom stereocenters. The van der Waals surface area contributed by atoms with Gasteiger partial charge < -0.3 is 5.32 Å². The molecule has 0 saturated carbocycles. The molecule has 1 amide bonds. The fourth-order valence-corrected chi connectivity index (χ4v) is 5.59. The molecule has 9 heteroatoms. The molecule has 1 saturated heterocycles. The van der Waals surface area contributed by atoms with E-state index in [-0.39, 0.29) is 22.4 Å². The zero-order valence-corrected chi connectivity index (χ0v) is 18.6. The second-order valence-electron chi connectivity index (χ2n) is 6.27. The smallest absolute Gasteiger partial charge is 0.244 e. The quantitative estimate of drug-likeness (QED) is 0.577. The molecule has 0 bridgehead atoms. The number of hydrogen-bond acceptors (Lipinski definition) is 3. The summed E-state index contributed by atoms with van der Waals surface area (Å²) in [6.07, 6.45) is 1.23. The van der Waals surface area contributed by atoms with Crippen molar-refractivity contribution >= 4 is 67.4 Å². The first kappa shape index (κ1) is 20.9. The van der Waals surface area contributed by atoms with Crippen LogP contribution in [0.2, 0.25) is 10.0 Å². The van der Waals surface area contributed by atoms with Crippen molar-refractivity contribution in [2.45, 2.75) is 17.7 Å². The minimum Gasteiger partial charge on any atom is -0.326 e. The SMILES string of the molecule is O=C(Nc1ccc(I)cc1)[C@@H]1CCCN(S(=O)(=O)c2cc(Cl)ccc2Cl)C1. The molecule has 0 unspecified atom stereocenters. The molecule has 27 heavy (non-hydrogen) atoms. The predicted molar refractivity (Wildman–Crippen MR) is 116 cm³/mol. The first-order valence-corrected chi connectivity index (χ1v) is 11.6. The van der Waals surface area contributed by atoms with E-state index in [0.717, 1.165) is 3.57 Å². The van der Waals surface area contributed by atoms with E-state index in [0.29, 0.717) is 30.1 Å². The molecule has 0 spiro atoms. The Hall–Kier alpha value is -0.870. The van der Waals surface area contributed by atoms with Crippen molar-refractivity contribution in [3.05, 3.63) is 56.1 Å². The number of carbonyl (C=O) groups excluding carboxylic acids is 1. The van der Waals surface area contributed by atoms with Gasteiger partial charge in [0.1, 0.15) is 4.90 Å². The largest absolute Gasteiger partial charge is 0.326 e. The number of sulfonamides is 1. The van der Waals surface area contributed by atoms with Crippen LogP contribution < -0.4 is 5.32 Å². The molecule has 5 nitrogen and oxygen atoms in total. The van der Waals surface area contributed by atoms with Gasteiger partial charge in [-0.3, -0.25) is 4.79 Å². The fourth-order valence-electron chi connectivity index (χ4n) is 2.97. The third kappa shape index (κ3) is 4.95. The predicted octanol–water partition coefficient (Wildman–Crippen LogP) is 4.64. The summed E-state index contributed by atoms with van der Waals surface area (Å²) in [7, 11) is -3.82. The molecule has 1 heterocycles. The van der Waals surface area contributed by atoms with E-state index in [4.69, 9.17) is 23.2 Å². The monoisotopic (exact) mass is 538 g/mol. The van der Waals surface area contributed by atoms with Gasteiger partial charge in [0.15, 0.2) is 0 Å². The van der Waals surface area contributed by atoms with Crippen molar-refractivity contribution in [1.29, 1.82) is 0 Å². The van der Waals surface area contributed by atoms with Crippen molar-refractivity contribution in [3.8, 4) is 0 Å². The van der Waals surface area contributed by atoms with Crippen LogP contribution in [0.25, 0.3) is 0 Å². The van der Waals surface area contributed by atoms with Gasteiger partial charge in [-0.15, -0.1) is 0 Å². The minimum absolute atomic E-state index is 0.0321. The number of nitrogens with one attached hydrogen (secondary N) is 1. The van der Waals surface area contributed by atoms with Gasteiger partial charge in [0, 0.05) is 27.4 Å². The number of nitrogens with zero attached hydrogens (tertiary/aromatic N) is 1. The van der Waals surface area contributed by atoms with E-state index in [1.165, 1.54) is 22.5 Å². The van der Waals surface area contributed by atoms with Crippen molar-refractivity contribution in [1.82, 2.24) is 4.31 Å². The lowest BCUT2D eigenvalue weighted by molar-refractivity contribution is -0.120. The van der Waals surface area contributed by atoms with Crippen LogP contribution in [0.3, 0.4) is 0 Å². The number of anilines is 1. The molecule has 1 aliphatic rings. The summed E-state index contributed by atoms with van der Waals surface area (Å²) >= 11 is 14.2. The van der Waals surface area contributed by atoms with Crippen molar-refractivity contribution in [2.75, 3.05) is 18.4 Å². The third-order valence-corrected chi connectivity index (χ3v) is 7.68. The first-order valence-electron chi connectivity index (χ1n) is 8.29. The molecule has 1 aliphatic heterocycles. The molecule has 2 aromatic carbocycles. The second kappa shape index (κ2) is 8.65. The van der Waals surface area contributed by atoms with E-state index in [1.54, 1.807) is 0 Å². The average molecular weight is 539 g/mol. The molecule has 1 fully saturated rings. The average Bonchev–Trinajstić information content (AvgIpc) is 2.65. The molecule has 0 radical (unpaired) electrons. The standard InChI is InChI=1S/C18H17Cl2IN2O3S/c19-13-3-8-16(20)17(10-13)27(25,26)23-9-1-2-12(11-23)18(24)22-15-6-4-14(21)5-7-15/h3-8,10,12H,1-2,9,11H2,(H,22,24)/t12-/m1/s1. The molecule has 0 aliphatic carbocycles. The molecular weight excluding hydrogens is 522 g/mol. The molecule has 0 aromatic heterocycles. The molecule has 3 rings (SSSR count). The first-order chi connectivity index (χ1) is 12.8. The summed E-state index contributed by atoms with van der Waals surface area (Å²) in [5.41, 5.74) is 0.693. The lowest BCUT2D eigenvalue weighted by atomic mass is 9.99. The highest BCUT2D eigenvalue weighted by molar-refractivity contribution is 14.1. The lowest BCUT2D eigenvalue weighted by Crippen LogP contribution is -2.43. The van der Waals surface area contributed by atoms with Crippen molar-refractivity contribution in [3.63, 3.8) is 0 Å². The highest BCUT2D eigenvalue weighted by atomic mass is 127. The van der Waals surface area contributed by atoms with Gasteiger partial charge in [-0.1, -0.05) is 23.2 Å². The second-order valence-corrected chi connectivity index (χ2v) is 10.3. The van der Waals surface area contributed by atoms with Crippen LogP contribution in [-0.2, 0) is 14.8 Å². The van der Waals surface area contributed by atoms with E-state index >= 15 is 0 Å². The topological polar surface area (TPSA) is 66.5 Å². The van der Waals surface area contributed by atoms with Gasteiger partial charge in [0.2, 0.25) is 15.9 Å². The zero-order chi connectivity index (χ0) is 19.6. The van der Waals surface area contributed by atoms with Gasteiger partial charge in [0.05, 0.1) is 10.9 Å². The lowest BCUT2D eigenvalue weighted by Gasteiger charge is -2.31. The van der Waals surface area contributed by atoms with Crippen LogP contribution in [0.4, 0.5) is 5.69 Å². The highest BCUT2D eigenvalue weighted by Gasteiger charge is 2.34. The van der Waals surface area contributed by atoms with E-state index in [2.05, 4.69) is 27.9 Å². The van der Waals surface area contributed by atoms with E-state index < -0.39 is 15.9 Å². The van der Waals surface area contributed by atoms with E-state index in [1.807, 2.05) is 24.3 Å². The van der Waals surface area contributed by atoms with Crippen LogP contribution in [0.1, 0.15) is 12.8 Å². The van der Waals surface area contributed by atoms with Crippen LogP contribution in [0, 0.1) is 9.49 Å². The molecule has 1 N–H and O–H groups in total. The Kier molecular flexibility index (Phi) is 6.68. The number of hydrogen-bond donors (Lipinski definition) is 1. The van der Waals surface area contributed by atoms with Crippen LogP contribution in [0.15, 0.2) is 47.4 Å². The Morgan fingerprint density at radius 3 is 2.56 bits per heavy atom. The molecule has 2 aromatic rings. The number of amides is 1. The van der Waals surface area contributed by atoms with Gasteiger partial charge in [-0.2, -0.15) is 4.31 Å². The van der Waals surface area contributed by atoms with Crippen molar-refractivity contribution < 1.29 is 13.2 Å². The Balaban J connectivity index is 1.76. The third-order valence-electron chi connectivity index (χ3n) is 4.38. The van der Waals surface area contributed by atoms with Gasteiger partial charge >= 0.3 is 0 Å². The van der Waals surface area contributed by atoms with Gasteiger partial charge in [-0.25, -0.2) is 8.42 Å². The van der Waals surface area contributed by atoms with Crippen LogP contribution >= 0.6 is 45.8 Å². The number of piperidine rings is 1. The number of benzene rings is 2. The summed E-state index contributed by atoms with van der Waals surface area (Å²) in [6.45, 7) is 0.458. The van der Waals surface area contributed by atoms with Crippen LogP contribution in [0.5, 0.6) is 0 Å². The van der Waals surface area contributed by atoms with Crippen molar-refractivity contribution in [2.24, 2.45) is 5.92 Å². The molecular formula is C18H17Cl2IN2O3S. The summed E-state index contributed by atoms with van der Waals surface area (Å²) in [4.78, 5) is 12.6. The normalized spacial score (nSPS) is 18.3. The minimum atomic E-state index is -3.82. The Morgan fingerprint density at radius 1 is 1.15 bits per heavy atom. The zero-order valence-electron chi connectivity index (χ0n) is 14.2. The van der Waals surface area contributed by atoms with Gasteiger partial charge in [0.25, 0.3) is 0 Å². The maximum atomic E-state index is 13.0. The highest BCUT2D eigenvalue weighted by Crippen LogP contribution is 2.30. The Labute approximate surface area is 182 Å². The maximum absolute atomic E-state index is 13.0. The Morgan fingerprint density at radius 2 is 1.85 bits per heavy atom. The van der Waals surface area contributed by atoms with E-state index in [9.17, 15) is 13.2 Å². The number of carbonyl (C=O) groups is 1. The molecule has 144 valence electrons.